The van der Waals surface area contributed by atoms with Crippen molar-refractivity contribution in [1.82, 2.24) is 9.80 Å². The van der Waals surface area contributed by atoms with Gasteiger partial charge in [0.05, 0.1) is 20.2 Å². The maximum Gasteiger partial charge on any atom is 0.319 e. The number of ether oxygens (including phenoxy) is 1. The Hall–Kier alpha value is -1.10. The van der Waals surface area contributed by atoms with Crippen LogP contribution in [0.3, 0.4) is 0 Å². The van der Waals surface area contributed by atoms with E-state index in [1.54, 1.807) is 11.9 Å². The van der Waals surface area contributed by atoms with Crippen LogP contribution in [0.25, 0.3) is 0 Å². The van der Waals surface area contributed by atoms with Gasteiger partial charge in [-0.05, 0) is 26.8 Å². The second-order valence-electron chi connectivity index (χ2n) is 4.16. The van der Waals surface area contributed by atoms with E-state index in [1.807, 2.05) is 11.8 Å². The monoisotopic (exact) mass is 228 g/mol. The van der Waals surface area contributed by atoms with Crippen molar-refractivity contribution in [3.63, 3.8) is 0 Å². The molecule has 1 saturated carbocycles. The second kappa shape index (κ2) is 5.84. The van der Waals surface area contributed by atoms with Gasteiger partial charge < -0.3 is 9.64 Å². The van der Waals surface area contributed by atoms with Crippen molar-refractivity contribution in [3.8, 4) is 0 Å². The number of hydrogen-bond donors (Lipinski definition) is 0. The van der Waals surface area contributed by atoms with E-state index in [1.165, 1.54) is 7.11 Å². The van der Waals surface area contributed by atoms with Gasteiger partial charge in [0.15, 0.2) is 0 Å². The summed E-state index contributed by atoms with van der Waals surface area (Å²) in [7, 11) is 3.09. The molecule has 1 fully saturated rings. The third kappa shape index (κ3) is 3.81. The van der Waals surface area contributed by atoms with Gasteiger partial charge in [0.1, 0.15) is 0 Å². The molecule has 0 aromatic carbocycles. The molecule has 5 heteroatoms. The van der Waals surface area contributed by atoms with Crippen molar-refractivity contribution in [1.29, 1.82) is 0 Å². The molecule has 0 bridgehead atoms. The molecule has 0 radical (unpaired) electrons. The molecule has 0 heterocycles. The van der Waals surface area contributed by atoms with Crippen LogP contribution in [-0.2, 0) is 14.3 Å². The van der Waals surface area contributed by atoms with E-state index in [2.05, 4.69) is 4.74 Å². The number of rotatable bonds is 6. The Morgan fingerprint density at radius 1 is 1.31 bits per heavy atom. The summed E-state index contributed by atoms with van der Waals surface area (Å²) in [6.45, 7) is 3.16. The van der Waals surface area contributed by atoms with Crippen LogP contribution in [0.1, 0.15) is 19.8 Å². The van der Waals surface area contributed by atoms with Crippen molar-refractivity contribution in [2.75, 3.05) is 33.8 Å². The summed E-state index contributed by atoms with van der Waals surface area (Å²) in [5.74, 6) is -0.221. The van der Waals surface area contributed by atoms with Crippen molar-refractivity contribution >= 4 is 11.9 Å². The molecule has 1 aliphatic rings. The summed E-state index contributed by atoms with van der Waals surface area (Å²) in [4.78, 5) is 26.4. The number of esters is 1. The molecule has 1 rings (SSSR count). The number of likely N-dealkylation sites (N-methyl/N-ethyl adjacent to an activating group) is 2. The van der Waals surface area contributed by atoms with Crippen molar-refractivity contribution in [2.24, 2.45) is 0 Å². The molecule has 1 amide bonds. The Morgan fingerprint density at radius 3 is 2.38 bits per heavy atom. The van der Waals surface area contributed by atoms with Crippen LogP contribution in [-0.4, -0.2) is 61.5 Å². The van der Waals surface area contributed by atoms with E-state index in [9.17, 15) is 9.59 Å². The van der Waals surface area contributed by atoms with Gasteiger partial charge in [-0.1, -0.05) is 0 Å². The highest BCUT2D eigenvalue weighted by atomic mass is 16.5. The molecular formula is C11H20N2O3. The minimum Gasteiger partial charge on any atom is -0.468 e. The van der Waals surface area contributed by atoms with Crippen LogP contribution in [0.4, 0.5) is 0 Å². The van der Waals surface area contributed by atoms with Gasteiger partial charge in [-0.15, -0.1) is 0 Å². The molecule has 0 unspecified atom stereocenters. The third-order valence-corrected chi connectivity index (χ3v) is 2.68. The molecular weight excluding hydrogens is 208 g/mol. The number of amides is 1. The van der Waals surface area contributed by atoms with Crippen molar-refractivity contribution in [2.45, 2.75) is 25.8 Å². The Labute approximate surface area is 96.3 Å². The number of hydrogen-bond acceptors (Lipinski definition) is 4. The van der Waals surface area contributed by atoms with Crippen LogP contribution in [0.2, 0.25) is 0 Å². The highest BCUT2D eigenvalue weighted by molar-refractivity contribution is 5.80. The van der Waals surface area contributed by atoms with E-state index in [0.717, 1.165) is 19.4 Å². The van der Waals surface area contributed by atoms with Crippen molar-refractivity contribution < 1.29 is 14.3 Å². The number of methoxy groups -OCH3 is 1. The minimum absolute atomic E-state index is 0.0939. The van der Waals surface area contributed by atoms with Gasteiger partial charge in [-0.3, -0.25) is 14.5 Å². The molecule has 0 aromatic rings. The molecule has 0 saturated heterocycles. The van der Waals surface area contributed by atoms with E-state index >= 15 is 0 Å². The quantitative estimate of drug-likeness (QED) is 0.605. The first-order valence-electron chi connectivity index (χ1n) is 5.63. The van der Waals surface area contributed by atoms with Crippen LogP contribution in [0.15, 0.2) is 0 Å². The molecule has 5 nitrogen and oxygen atoms in total. The highest BCUT2D eigenvalue weighted by Gasteiger charge is 2.31. The lowest BCUT2D eigenvalue weighted by molar-refractivity contribution is -0.142. The zero-order valence-corrected chi connectivity index (χ0v) is 10.2. The fourth-order valence-electron chi connectivity index (χ4n) is 1.69. The molecule has 0 spiro atoms. The third-order valence-electron chi connectivity index (χ3n) is 2.68. The van der Waals surface area contributed by atoms with E-state index in [0.29, 0.717) is 6.04 Å². The van der Waals surface area contributed by atoms with Gasteiger partial charge in [0, 0.05) is 12.6 Å². The number of nitrogens with zero attached hydrogens (tertiary/aromatic N) is 2. The Bertz CT molecular complexity index is 264. The van der Waals surface area contributed by atoms with Gasteiger partial charge >= 0.3 is 5.97 Å². The summed E-state index contributed by atoms with van der Waals surface area (Å²) in [6.07, 6.45) is 2.22. The largest absolute Gasteiger partial charge is 0.468 e. The summed E-state index contributed by atoms with van der Waals surface area (Å²) < 4.78 is 4.54. The zero-order valence-electron chi connectivity index (χ0n) is 10.2. The molecule has 0 N–H and O–H groups in total. The molecule has 16 heavy (non-hydrogen) atoms. The average molecular weight is 228 g/mol. The first kappa shape index (κ1) is 13.0. The highest BCUT2D eigenvalue weighted by Crippen LogP contribution is 2.26. The first-order valence-corrected chi connectivity index (χ1v) is 5.63. The second-order valence-corrected chi connectivity index (χ2v) is 4.16. The van der Waals surface area contributed by atoms with Gasteiger partial charge in [0.25, 0.3) is 0 Å². The van der Waals surface area contributed by atoms with Gasteiger partial charge in [-0.2, -0.15) is 0 Å². The fraction of sp³-hybridized carbons (Fsp3) is 0.818. The van der Waals surface area contributed by atoms with E-state index in [-0.39, 0.29) is 25.0 Å². The summed E-state index contributed by atoms with van der Waals surface area (Å²) in [5, 5.41) is 0. The summed E-state index contributed by atoms with van der Waals surface area (Å²) >= 11 is 0. The Kier molecular flexibility index (Phi) is 4.73. The Balaban J connectivity index is 2.34. The fourth-order valence-corrected chi connectivity index (χ4v) is 1.69. The van der Waals surface area contributed by atoms with Crippen LogP contribution < -0.4 is 0 Å². The minimum atomic E-state index is -0.315. The maximum atomic E-state index is 11.9. The van der Waals surface area contributed by atoms with E-state index < -0.39 is 0 Å². The number of carbonyl (C=O) groups excluding carboxylic acids is 2. The van der Waals surface area contributed by atoms with E-state index in [4.69, 9.17) is 0 Å². The maximum absolute atomic E-state index is 11.9. The molecule has 1 aliphatic carbocycles. The SMILES string of the molecule is CCN(C(=O)CN(C)CC(=O)OC)C1CC1. The molecule has 0 aliphatic heterocycles. The predicted octanol–water partition coefficient (Wildman–Crippen LogP) is 0.102. The average Bonchev–Trinajstić information content (AvgIpc) is 3.02. The normalized spacial score (nSPS) is 15.0. The van der Waals surface area contributed by atoms with Gasteiger partial charge in [0.2, 0.25) is 5.91 Å². The topological polar surface area (TPSA) is 49.9 Å². The lowest BCUT2D eigenvalue weighted by Gasteiger charge is -2.23. The first-order chi connectivity index (χ1) is 7.58. The molecule has 92 valence electrons. The lowest BCUT2D eigenvalue weighted by Crippen LogP contribution is -2.41. The van der Waals surface area contributed by atoms with Crippen molar-refractivity contribution in [3.05, 3.63) is 0 Å². The molecule has 0 atom stereocenters. The number of carbonyl (C=O) groups is 2. The lowest BCUT2D eigenvalue weighted by atomic mass is 10.4. The van der Waals surface area contributed by atoms with Crippen LogP contribution in [0.5, 0.6) is 0 Å². The standard InChI is InChI=1S/C11H20N2O3/c1-4-13(9-5-6-9)10(14)7-12(2)8-11(15)16-3/h9H,4-8H2,1-3H3. The Morgan fingerprint density at radius 2 is 1.94 bits per heavy atom. The van der Waals surface area contributed by atoms with Gasteiger partial charge in [-0.25, -0.2) is 0 Å². The smallest absolute Gasteiger partial charge is 0.319 e. The van der Waals surface area contributed by atoms with Crippen LogP contribution in [0, 0.1) is 0 Å². The predicted molar refractivity (Wildman–Crippen MR) is 59.9 cm³/mol. The summed E-state index contributed by atoms with van der Waals surface area (Å²) in [5.41, 5.74) is 0. The zero-order chi connectivity index (χ0) is 12.1. The summed E-state index contributed by atoms with van der Waals surface area (Å²) in [6, 6.07) is 0.434. The van der Waals surface area contributed by atoms with Crippen LogP contribution >= 0.6 is 0 Å². The molecule has 0 aromatic heterocycles.